The lowest BCUT2D eigenvalue weighted by atomic mass is 10.2. The second kappa shape index (κ2) is 4.67. The topological polar surface area (TPSA) is 121 Å². The maximum absolute atomic E-state index is 12.4. The van der Waals surface area contributed by atoms with Crippen molar-refractivity contribution in [3.8, 4) is 5.75 Å². The highest BCUT2D eigenvalue weighted by molar-refractivity contribution is 7.92. The molecule has 0 aliphatic heterocycles. The van der Waals surface area contributed by atoms with Crippen LogP contribution in [0.25, 0.3) is 10.9 Å². The molecule has 0 saturated carbocycles. The number of hydrogen-bond donors (Lipinski definition) is 4. The zero-order chi connectivity index (χ0) is 15.0. The van der Waals surface area contributed by atoms with Crippen molar-refractivity contribution in [2.24, 2.45) is 0 Å². The van der Waals surface area contributed by atoms with Crippen molar-refractivity contribution in [2.45, 2.75) is 4.90 Å². The predicted octanol–water partition coefficient (Wildman–Crippen LogP) is 1.65. The Morgan fingerprint density at radius 3 is 2.81 bits per heavy atom. The number of nitrogens with one attached hydrogen (secondary N) is 2. The number of anilines is 2. The molecule has 3 aromatic rings. The van der Waals surface area contributed by atoms with Gasteiger partial charge in [-0.15, -0.1) is 0 Å². The van der Waals surface area contributed by atoms with Crippen LogP contribution in [0.1, 0.15) is 0 Å². The van der Waals surface area contributed by atoms with Crippen molar-refractivity contribution in [3.63, 3.8) is 0 Å². The molecule has 1 heterocycles. The molecule has 0 fully saturated rings. The number of rotatable bonds is 3. The number of nitrogen functional groups attached to an aromatic ring is 1. The van der Waals surface area contributed by atoms with Crippen LogP contribution in [0.3, 0.4) is 0 Å². The lowest BCUT2D eigenvalue weighted by Crippen LogP contribution is -2.13. The van der Waals surface area contributed by atoms with Crippen LogP contribution in [0.15, 0.2) is 47.5 Å². The summed E-state index contributed by atoms with van der Waals surface area (Å²) in [6, 6.07) is 8.86. The van der Waals surface area contributed by atoms with Gasteiger partial charge >= 0.3 is 0 Å². The average Bonchev–Trinajstić information content (AvgIpc) is 2.91. The highest BCUT2D eigenvalue weighted by Gasteiger charge is 2.17. The first-order chi connectivity index (χ1) is 9.97. The Morgan fingerprint density at radius 1 is 1.24 bits per heavy atom. The first kappa shape index (κ1) is 13.3. The normalized spacial score (nSPS) is 11.6. The second-order valence-corrected chi connectivity index (χ2v) is 6.15. The van der Waals surface area contributed by atoms with E-state index in [1.807, 2.05) is 0 Å². The van der Waals surface area contributed by atoms with Crippen LogP contribution in [0, 0.1) is 0 Å². The fraction of sp³-hybridized carbons (Fsp3) is 0. The zero-order valence-electron chi connectivity index (χ0n) is 10.7. The molecule has 0 radical (unpaired) electrons. The van der Waals surface area contributed by atoms with Crippen LogP contribution in [0.4, 0.5) is 11.4 Å². The Kier molecular flexibility index (Phi) is 2.95. The van der Waals surface area contributed by atoms with E-state index in [9.17, 15) is 13.5 Å². The summed E-state index contributed by atoms with van der Waals surface area (Å²) in [5.74, 6) is -0.161. The van der Waals surface area contributed by atoms with Crippen molar-refractivity contribution in [1.82, 2.24) is 10.2 Å². The second-order valence-electron chi connectivity index (χ2n) is 4.46. The fourth-order valence-electron chi connectivity index (χ4n) is 1.96. The molecule has 8 heteroatoms. The summed E-state index contributed by atoms with van der Waals surface area (Å²) in [6.45, 7) is 0. The third-order valence-electron chi connectivity index (χ3n) is 3.04. The molecule has 21 heavy (non-hydrogen) atoms. The molecule has 1 aromatic heterocycles. The summed E-state index contributed by atoms with van der Waals surface area (Å²) in [5, 5.41) is 16.7. The number of fused-ring (bicyclic) bond motifs is 1. The number of phenols is 1. The first-order valence-electron chi connectivity index (χ1n) is 6.01. The molecule has 0 amide bonds. The van der Waals surface area contributed by atoms with E-state index in [4.69, 9.17) is 5.73 Å². The van der Waals surface area contributed by atoms with Crippen LogP contribution in [-0.4, -0.2) is 23.7 Å². The molecular formula is C13H12N4O3S. The number of H-pyrrole nitrogens is 1. The molecule has 108 valence electrons. The van der Waals surface area contributed by atoms with Crippen LogP contribution >= 0.6 is 0 Å². The van der Waals surface area contributed by atoms with E-state index in [1.165, 1.54) is 18.2 Å². The molecule has 0 aliphatic rings. The number of hydrogen-bond acceptors (Lipinski definition) is 5. The number of nitrogens with zero attached hydrogens (tertiary/aromatic N) is 1. The van der Waals surface area contributed by atoms with Crippen molar-refractivity contribution in [2.75, 3.05) is 10.5 Å². The minimum atomic E-state index is -3.80. The molecule has 2 aromatic carbocycles. The number of aromatic amines is 1. The van der Waals surface area contributed by atoms with E-state index in [0.717, 1.165) is 5.52 Å². The van der Waals surface area contributed by atoms with Crippen molar-refractivity contribution in [3.05, 3.63) is 42.6 Å². The quantitative estimate of drug-likeness (QED) is 0.433. The Labute approximate surface area is 120 Å². The molecule has 0 bridgehead atoms. The smallest absolute Gasteiger partial charge is 0.261 e. The Morgan fingerprint density at radius 2 is 2.05 bits per heavy atom. The highest BCUT2D eigenvalue weighted by Crippen LogP contribution is 2.27. The van der Waals surface area contributed by atoms with E-state index in [2.05, 4.69) is 14.9 Å². The molecule has 0 unspecified atom stereocenters. The van der Waals surface area contributed by atoms with Gasteiger partial charge < -0.3 is 10.8 Å². The number of nitrogens with two attached hydrogens (primary N) is 1. The van der Waals surface area contributed by atoms with Gasteiger partial charge in [-0.3, -0.25) is 9.82 Å². The monoisotopic (exact) mass is 304 g/mol. The van der Waals surface area contributed by atoms with Gasteiger partial charge in [-0.25, -0.2) is 8.42 Å². The van der Waals surface area contributed by atoms with Gasteiger partial charge in [0.2, 0.25) is 0 Å². The van der Waals surface area contributed by atoms with Gasteiger partial charge in [0.15, 0.2) is 0 Å². The molecule has 0 spiro atoms. The Hall–Kier alpha value is -2.74. The number of sulfonamides is 1. The van der Waals surface area contributed by atoms with E-state index >= 15 is 0 Å². The summed E-state index contributed by atoms with van der Waals surface area (Å²) < 4.78 is 27.2. The van der Waals surface area contributed by atoms with Gasteiger partial charge in [0.25, 0.3) is 10.0 Å². The summed E-state index contributed by atoms with van der Waals surface area (Å²) in [5.41, 5.74) is 6.66. The van der Waals surface area contributed by atoms with Gasteiger partial charge in [-0.1, -0.05) is 6.07 Å². The first-order valence-corrected chi connectivity index (χ1v) is 7.49. The van der Waals surface area contributed by atoms with E-state index in [-0.39, 0.29) is 16.3 Å². The SMILES string of the molecule is Nc1cc(S(=O)(=O)Nc2cccc3[nH]ncc23)ccc1O. The highest BCUT2D eigenvalue weighted by atomic mass is 32.2. The molecule has 0 saturated heterocycles. The maximum Gasteiger partial charge on any atom is 0.261 e. The van der Waals surface area contributed by atoms with Crippen LogP contribution < -0.4 is 10.5 Å². The summed E-state index contributed by atoms with van der Waals surface area (Å²) >= 11 is 0. The van der Waals surface area contributed by atoms with E-state index in [1.54, 1.807) is 24.4 Å². The predicted molar refractivity (Wildman–Crippen MR) is 79.4 cm³/mol. The standard InChI is InChI=1S/C13H12N4O3S/c14-10-6-8(4-5-13(10)18)21(19,20)17-12-3-1-2-11-9(12)7-15-16-11/h1-7,17-18H,14H2,(H,15,16). The fourth-order valence-corrected chi connectivity index (χ4v) is 3.08. The van der Waals surface area contributed by atoms with E-state index in [0.29, 0.717) is 11.1 Å². The molecule has 3 rings (SSSR count). The van der Waals surface area contributed by atoms with Crippen molar-refractivity contribution in [1.29, 1.82) is 0 Å². The maximum atomic E-state index is 12.4. The van der Waals surface area contributed by atoms with Crippen LogP contribution in [-0.2, 0) is 10.0 Å². The summed E-state index contributed by atoms with van der Waals surface area (Å²) in [7, 11) is -3.80. The van der Waals surface area contributed by atoms with Crippen LogP contribution in [0.5, 0.6) is 5.75 Å². The van der Waals surface area contributed by atoms with Gasteiger partial charge in [0.05, 0.1) is 28.0 Å². The third-order valence-corrected chi connectivity index (χ3v) is 4.40. The third kappa shape index (κ3) is 2.36. The zero-order valence-corrected chi connectivity index (χ0v) is 11.6. The summed E-state index contributed by atoms with van der Waals surface area (Å²) in [4.78, 5) is -0.0294. The molecular weight excluding hydrogens is 292 g/mol. The minimum absolute atomic E-state index is 0.000560. The van der Waals surface area contributed by atoms with E-state index < -0.39 is 10.0 Å². The van der Waals surface area contributed by atoms with Gasteiger partial charge in [0.1, 0.15) is 5.75 Å². The van der Waals surface area contributed by atoms with Gasteiger partial charge in [-0.05, 0) is 30.3 Å². The molecule has 0 aliphatic carbocycles. The molecule has 5 N–H and O–H groups in total. The average molecular weight is 304 g/mol. The van der Waals surface area contributed by atoms with Crippen LogP contribution in [0.2, 0.25) is 0 Å². The molecule has 7 nitrogen and oxygen atoms in total. The van der Waals surface area contributed by atoms with Crippen molar-refractivity contribution < 1.29 is 13.5 Å². The largest absolute Gasteiger partial charge is 0.506 e. The summed E-state index contributed by atoms with van der Waals surface area (Å²) in [6.07, 6.45) is 1.54. The Balaban J connectivity index is 2.03. The number of aromatic hydroxyl groups is 1. The van der Waals surface area contributed by atoms with Crippen molar-refractivity contribution >= 4 is 32.3 Å². The lowest BCUT2D eigenvalue weighted by molar-refractivity contribution is 0.477. The lowest BCUT2D eigenvalue weighted by Gasteiger charge is -2.10. The molecule has 0 atom stereocenters. The minimum Gasteiger partial charge on any atom is -0.506 e. The number of benzene rings is 2. The van der Waals surface area contributed by atoms with Gasteiger partial charge in [-0.2, -0.15) is 5.10 Å². The number of phenolic OH excluding ortho intramolecular Hbond substituents is 1. The number of aromatic nitrogens is 2. The van der Waals surface area contributed by atoms with Gasteiger partial charge in [0, 0.05) is 5.39 Å². The Bertz CT molecular complexity index is 918.